The van der Waals surface area contributed by atoms with Crippen LogP contribution in [0.3, 0.4) is 0 Å². The minimum Gasteiger partial charge on any atom is -0.318 e. The number of allylic oxidation sites excluding steroid dienone is 1. The van der Waals surface area contributed by atoms with E-state index in [0.29, 0.717) is 0 Å². The molecule has 1 amide bonds. The first-order chi connectivity index (χ1) is 10.4. The van der Waals surface area contributed by atoms with Crippen molar-refractivity contribution < 1.29 is 22.8 Å². The van der Waals surface area contributed by atoms with E-state index >= 15 is 0 Å². The van der Waals surface area contributed by atoms with Gasteiger partial charge in [0.25, 0.3) is 0 Å². The predicted molar refractivity (Wildman–Crippen MR) is 78.8 cm³/mol. The molecule has 0 spiro atoms. The maximum absolute atomic E-state index is 12.3. The van der Waals surface area contributed by atoms with Gasteiger partial charge in [0.05, 0.1) is 5.69 Å². The second kappa shape index (κ2) is 6.57. The molecule has 0 aliphatic heterocycles. The van der Waals surface area contributed by atoms with Gasteiger partial charge in [0, 0.05) is 10.4 Å². The second-order valence-electron chi connectivity index (χ2n) is 4.21. The number of carbonyl (C=O) groups is 2. The van der Waals surface area contributed by atoms with Gasteiger partial charge in [-0.05, 0) is 35.7 Å². The first-order valence-electron chi connectivity index (χ1n) is 6.11. The van der Waals surface area contributed by atoms with Gasteiger partial charge in [-0.3, -0.25) is 9.59 Å². The molecule has 0 aliphatic rings. The van der Waals surface area contributed by atoms with Crippen molar-refractivity contribution in [3.8, 4) is 0 Å². The molecule has 7 heteroatoms. The van der Waals surface area contributed by atoms with Gasteiger partial charge in [0.1, 0.15) is 0 Å². The number of benzene rings is 1. The number of ketones is 1. The number of thiophene rings is 1. The van der Waals surface area contributed by atoms with Gasteiger partial charge in [-0.15, -0.1) is 11.3 Å². The van der Waals surface area contributed by atoms with Gasteiger partial charge in [-0.25, -0.2) is 0 Å². The van der Waals surface area contributed by atoms with Gasteiger partial charge in [-0.2, -0.15) is 13.2 Å². The topological polar surface area (TPSA) is 46.2 Å². The van der Waals surface area contributed by atoms with Gasteiger partial charge >= 0.3 is 12.1 Å². The number of para-hydroxylation sites is 1. The van der Waals surface area contributed by atoms with E-state index in [0.717, 1.165) is 4.88 Å². The fraction of sp³-hybridized carbons (Fsp3) is 0.0667. The number of nitrogens with one attached hydrogen (secondary N) is 1. The minimum absolute atomic E-state index is 0.00657. The molecule has 22 heavy (non-hydrogen) atoms. The van der Waals surface area contributed by atoms with Gasteiger partial charge < -0.3 is 5.32 Å². The Labute approximate surface area is 128 Å². The second-order valence-corrected chi connectivity index (χ2v) is 5.19. The summed E-state index contributed by atoms with van der Waals surface area (Å²) in [4.78, 5) is 23.9. The molecule has 2 rings (SSSR count). The normalized spacial score (nSPS) is 11.6. The van der Waals surface area contributed by atoms with Crippen molar-refractivity contribution in [1.29, 1.82) is 0 Å². The van der Waals surface area contributed by atoms with E-state index in [9.17, 15) is 22.8 Å². The average molecular weight is 325 g/mol. The minimum atomic E-state index is -5.01. The molecular weight excluding hydrogens is 315 g/mol. The van der Waals surface area contributed by atoms with Crippen molar-refractivity contribution >= 4 is 34.8 Å². The number of carbonyl (C=O) groups excluding carboxylic acids is 2. The first kappa shape index (κ1) is 16.0. The average Bonchev–Trinajstić information content (AvgIpc) is 2.97. The summed E-state index contributed by atoms with van der Waals surface area (Å²) in [6.07, 6.45) is -2.19. The Morgan fingerprint density at radius 1 is 1.09 bits per heavy atom. The van der Waals surface area contributed by atoms with Crippen LogP contribution in [0.2, 0.25) is 0 Å². The van der Waals surface area contributed by atoms with Crippen molar-refractivity contribution in [2.24, 2.45) is 0 Å². The highest BCUT2D eigenvalue weighted by Crippen LogP contribution is 2.22. The van der Waals surface area contributed by atoms with Crippen LogP contribution in [0.1, 0.15) is 15.2 Å². The lowest BCUT2D eigenvalue weighted by molar-refractivity contribution is -0.167. The quantitative estimate of drug-likeness (QED) is 0.678. The summed E-state index contributed by atoms with van der Waals surface area (Å²) in [7, 11) is 0. The lowest BCUT2D eigenvalue weighted by Crippen LogP contribution is -2.30. The van der Waals surface area contributed by atoms with Crippen LogP contribution in [0.4, 0.5) is 18.9 Å². The van der Waals surface area contributed by atoms with Crippen LogP contribution in [0.15, 0.2) is 47.9 Å². The number of hydrogen-bond donors (Lipinski definition) is 1. The number of alkyl halides is 3. The Hall–Kier alpha value is -2.41. The van der Waals surface area contributed by atoms with Crippen molar-refractivity contribution in [2.45, 2.75) is 6.18 Å². The fourth-order valence-corrected chi connectivity index (χ4v) is 2.25. The smallest absolute Gasteiger partial charge is 0.318 e. The summed E-state index contributed by atoms with van der Waals surface area (Å²) < 4.78 is 36.9. The highest BCUT2D eigenvalue weighted by Gasteiger charge is 2.39. The molecular formula is C15H10F3NO2S. The molecule has 3 nitrogen and oxygen atoms in total. The van der Waals surface area contributed by atoms with Gasteiger partial charge in [0.15, 0.2) is 5.78 Å². The maximum atomic E-state index is 12.3. The van der Waals surface area contributed by atoms with Crippen LogP contribution >= 0.6 is 11.3 Å². The summed E-state index contributed by atoms with van der Waals surface area (Å²) in [5.74, 6) is -2.61. The lowest BCUT2D eigenvalue weighted by Gasteiger charge is -2.10. The van der Waals surface area contributed by atoms with E-state index in [1.54, 1.807) is 17.5 Å². The molecule has 1 aromatic carbocycles. The number of amides is 1. The summed E-state index contributed by atoms with van der Waals surface area (Å²) in [5, 5.41) is 3.54. The number of halogens is 3. The highest BCUT2D eigenvalue weighted by molar-refractivity contribution is 7.10. The molecule has 0 bridgehead atoms. The van der Waals surface area contributed by atoms with Gasteiger partial charge in [-0.1, -0.05) is 18.2 Å². The Kier molecular flexibility index (Phi) is 4.77. The number of hydrogen-bond acceptors (Lipinski definition) is 3. The van der Waals surface area contributed by atoms with Crippen LogP contribution in [0, 0.1) is 0 Å². The summed E-state index contributed by atoms with van der Waals surface area (Å²) in [5.41, 5.74) is -0.182. The van der Waals surface area contributed by atoms with Crippen molar-refractivity contribution in [3.63, 3.8) is 0 Å². The zero-order valence-electron chi connectivity index (χ0n) is 11.1. The zero-order chi connectivity index (χ0) is 16.2. The number of anilines is 1. The maximum Gasteiger partial charge on any atom is 0.471 e. The molecule has 1 N–H and O–H groups in total. The Balaban J connectivity index is 2.21. The molecule has 2 aromatic rings. The molecule has 0 saturated heterocycles. The molecule has 0 radical (unpaired) electrons. The van der Waals surface area contributed by atoms with Crippen LogP contribution in [-0.4, -0.2) is 17.9 Å². The zero-order valence-corrected chi connectivity index (χ0v) is 11.9. The van der Waals surface area contributed by atoms with E-state index in [1.807, 2.05) is 11.4 Å². The summed E-state index contributed by atoms with van der Waals surface area (Å²) in [6.45, 7) is 0. The molecule has 0 atom stereocenters. The highest BCUT2D eigenvalue weighted by atomic mass is 32.1. The summed E-state index contributed by atoms with van der Waals surface area (Å²) >= 11 is 1.42. The van der Waals surface area contributed by atoms with E-state index in [-0.39, 0.29) is 11.3 Å². The lowest BCUT2D eigenvalue weighted by atomic mass is 10.1. The third-order valence-corrected chi connectivity index (χ3v) is 3.48. The van der Waals surface area contributed by atoms with E-state index in [1.165, 1.54) is 41.7 Å². The monoisotopic (exact) mass is 325 g/mol. The Morgan fingerprint density at radius 2 is 1.82 bits per heavy atom. The third-order valence-electron chi connectivity index (χ3n) is 2.64. The summed E-state index contributed by atoms with van der Waals surface area (Å²) in [6, 6.07) is 9.16. The number of rotatable bonds is 4. The van der Waals surface area contributed by atoms with Crippen LogP contribution in [-0.2, 0) is 4.79 Å². The third kappa shape index (κ3) is 4.05. The van der Waals surface area contributed by atoms with E-state index in [2.05, 4.69) is 0 Å². The molecule has 0 saturated carbocycles. The van der Waals surface area contributed by atoms with E-state index < -0.39 is 17.9 Å². The molecule has 0 fully saturated rings. The van der Waals surface area contributed by atoms with Crippen LogP contribution < -0.4 is 5.32 Å². The molecule has 1 heterocycles. The Bertz CT molecular complexity index is 706. The first-order valence-corrected chi connectivity index (χ1v) is 6.99. The van der Waals surface area contributed by atoms with Crippen LogP contribution in [0.25, 0.3) is 6.08 Å². The molecule has 1 aromatic heterocycles. The largest absolute Gasteiger partial charge is 0.471 e. The standard InChI is InChI=1S/C15H10F3NO2S/c16-15(17,18)14(21)19-12-6-2-1-5-11(12)13(20)8-7-10-4-3-9-22-10/h1-9H,(H,19,21)/b8-7+. The Morgan fingerprint density at radius 3 is 2.45 bits per heavy atom. The van der Waals surface area contributed by atoms with Crippen molar-refractivity contribution in [1.82, 2.24) is 0 Å². The SMILES string of the molecule is O=C(/C=C/c1cccs1)c1ccccc1NC(=O)C(F)(F)F. The molecule has 0 aliphatic carbocycles. The van der Waals surface area contributed by atoms with Gasteiger partial charge in [0.2, 0.25) is 0 Å². The molecule has 0 unspecified atom stereocenters. The molecule has 114 valence electrons. The van der Waals surface area contributed by atoms with Crippen molar-refractivity contribution in [2.75, 3.05) is 5.32 Å². The van der Waals surface area contributed by atoms with Crippen LogP contribution in [0.5, 0.6) is 0 Å². The van der Waals surface area contributed by atoms with E-state index in [4.69, 9.17) is 0 Å². The van der Waals surface area contributed by atoms with Crippen molar-refractivity contribution in [3.05, 3.63) is 58.3 Å². The fourth-order valence-electron chi connectivity index (χ4n) is 1.63. The predicted octanol–water partition coefficient (Wildman–Crippen LogP) is 4.15.